The van der Waals surface area contributed by atoms with Gasteiger partial charge in [-0.25, -0.2) is 4.98 Å². The summed E-state index contributed by atoms with van der Waals surface area (Å²) < 4.78 is 2.11. The van der Waals surface area contributed by atoms with Crippen LogP contribution in [0.2, 0.25) is 10.0 Å². The molecule has 4 rings (SSSR count). The zero-order valence-electron chi connectivity index (χ0n) is 14.3. The molecule has 0 spiro atoms. The number of aromatic nitrogens is 2. The van der Waals surface area contributed by atoms with Crippen LogP contribution >= 0.6 is 23.2 Å². The number of nitrogens with zero attached hydrogens (tertiary/aromatic N) is 4. The minimum absolute atomic E-state index is 0.673. The highest BCUT2D eigenvalue weighted by Crippen LogP contribution is 2.31. The third-order valence-electron chi connectivity index (χ3n) is 5.08. The van der Waals surface area contributed by atoms with Crippen LogP contribution in [-0.2, 0) is 0 Å². The van der Waals surface area contributed by atoms with E-state index in [1.807, 2.05) is 30.6 Å². The number of pyridine rings is 1. The maximum atomic E-state index is 6.37. The average molecular weight is 375 g/mol. The van der Waals surface area contributed by atoms with Gasteiger partial charge in [-0.1, -0.05) is 23.2 Å². The number of piperazine rings is 1. The van der Waals surface area contributed by atoms with E-state index in [9.17, 15) is 0 Å². The van der Waals surface area contributed by atoms with Crippen molar-refractivity contribution < 1.29 is 0 Å². The highest BCUT2D eigenvalue weighted by atomic mass is 35.5. The summed E-state index contributed by atoms with van der Waals surface area (Å²) in [6, 6.07) is 5.72. The second-order valence-electron chi connectivity index (χ2n) is 6.49. The number of hydrogen-bond acceptors (Lipinski definition) is 3. The standard InChI is InChI=1S/C19H20Cl2N4/c1-13-14(2)19-22-5-6-25(19)12-18(13)24-9-7-23(8-10-24)17-4-3-15(20)11-16(17)21/h3-6,11-12H,7-10H2,1-2H3. The van der Waals surface area contributed by atoms with Gasteiger partial charge in [-0.3, -0.25) is 0 Å². The van der Waals surface area contributed by atoms with Crippen LogP contribution in [0.5, 0.6) is 0 Å². The van der Waals surface area contributed by atoms with Gasteiger partial charge in [-0.2, -0.15) is 0 Å². The van der Waals surface area contributed by atoms with Crippen LogP contribution in [0.3, 0.4) is 0 Å². The van der Waals surface area contributed by atoms with Gasteiger partial charge in [0, 0.05) is 49.8 Å². The first-order valence-corrected chi connectivity index (χ1v) is 9.18. The molecule has 0 saturated carbocycles. The molecule has 4 nitrogen and oxygen atoms in total. The van der Waals surface area contributed by atoms with Crippen molar-refractivity contribution in [1.29, 1.82) is 0 Å². The molecule has 0 bridgehead atoms. The highest BCUT2D eigenvalue weighted by molar-refractivity contribution is 6.36. The van der Waals surface area contributed by atoms with E-state index in [0.29, 0.717) is 10.0 Å². The fourth-order valence-electron chi connectivity index (χ4n) is 3.54. The van der Waals surface area contributed by atoms with E-state index in [1.165, 1.54) is 16.8 Å². The minimum atomic E-state index is 0.673. The first-order valence-electron chi connectivity index (χ1n) is 8.42. The molecule has 0 N–H and O–H groups in total. The van der Waals surface area contributed by atoms with Gasteiger partial charge < -0.3 is 14.2 Å². The molecule has 3 heterocycles. The van der Waals surface area contributed by atoms with Crippen LogP contribution in [-0.4, -0.2) is 35.6 Å². The molecular formula is C19H20Cl2N4. The fourth-order valence-corrected chi connectivity index (χ4v) is 4.07. The van der Waals surface area contributed by atoms with E-state index < -0.39 is 0 Å². The molecular weight excluding hydrogens is 355 g/mol. The van der Waals surface area contributed by atoms with E-state index in [4.69, 9.17) is 23.2 Å². The van der Waals surface area contributed by atoms with Gasteiger partial charge in [-0.15, -0.1) is 0 Å². The summed E-state index contributed by atoms with van der Waals surface area (Å²) in [6.07, 6.45) is 6.05. The largest absolute Gasteiger partial charge is 0.367 e. The molecule has 3 aromatic rings. The normalized spacial score (nSPS) is 15.2. The number of halogens is 2. The zero-order valence-corrected chi connectivity index (χ0v) is 15.8. The molecule has 130 valence electrons. The summed E-state index contributed by atoms with van der Waals surface area (Å²) in [4.78, 5) is 9.22. The Bertz CT molecular complexity index is 927. The van der Waals surface area contributed by atoms with Crippen molar-refractivity contribution in [3.63, 3.8) is 0 Å². The minimum Gasteiger partial charge on any atom is -0.367 e. The quantitative estimate of drug-likeness (QED) is 0.655. The molecule has 25 heavy (non-hydrogen) atoms. The van der Waals surface area contributed by atoms with E-state index in [1.54, 1.807) is 0 Å². The Kier molecular flexibility index (Phi) is 4.26. The monoisotopic (exact) mass is 374 g/mol. The number of fused-ring (bicyclic) bond motifs is 1. The van der Waals surface area contributed by atoms with Gasteiger partial charge in [0.1, 0.15) is 5.65 Å². The van der Waals surface area contributed by atoms with Gasteiger partial charge in [-0.05, 0) is 43.2 Å². The Balaban J connectivity index is 1.57. The van der Waals surface area contributed by atoms with Crippen LogP contribution in [0.1, 0.15) is 11.1 Å². The van der Waals surface area contributed by atoms with Crippen molar-refractivity contribution in [2.45, 2.75) is 13.8 Å². The van der Waals surface area contributed by atoms with Gasteiger partial charge in [0.25, 0.3) is 0 Å². The van der Waals surface area contributed by atoms with Crippen LogP contribution in [0.15, 0.2) is 36.8 Å². The van der Waals surface area contributed by atoms with E-state index in [-0.39, 0.29) is 0 Å². The molecule has 0 aliphatic carbocycles. The molecule has 0 atom stereocenters. The molecule has 0 amide bonds. The van der Waals surface area contributed by atoms with Crippen LogP contribution < -0.4 is 9.80 Å². The molecule has 1 aromatic carbocycles. The molecule has 1 aliphatic rings. The van der Waals surface area contributed by atoms with Gasteiger partial charge >= 0.3 is 0 Å². The molecule has 1 fully saturated rings. The molecule has 0 unspecified atom stereocenters. The smallest absolute Gasteiger partial charge is 0.139 e. The zero-order chi connectivity index (χ0) is 17.6. The summed E-state index contributed by atoms with van der Waals surface area (Å²) in [5, 5.41) is 1.39. The Hall–Kier alpha value is -1.91. The average Bonchev–Trinajstić information content (AvgIpc) is 3.07. The number of anilines is 2. The van der Waals surface area contributed by atoms with Crippen molar-refractivity contribution in [2.24, 2.45) is 0 Å². The third kappa shape index (κ3) is 2.94. The lowest BCUT2D eigenvalue weighted by molar-refractivity contribution is 0.651. The predicted molar refractivity (Wildman–Crippen MR) is 106 cm³/mol. The molecule has 0 radical (unpaired) electrons. The lowest BCUT2D eigenvalue weighted by atomic mass is 10.1. The Labute approximate surface area is 157 Å². The molecule has 1 saturated heterocycles. The molecule has 6 heteroatoms. The molecule has 2 aromatic heterocycles. The first-order chi connectivity index (χ1) is 12.0. The summed E-state index contributed by atoms with van der Waals surface area (Å²) in [5.41, 5.74) is 5.92. The second kappa shape index (κ2) is 6.43. The van der Waals surface area contributed by atoms with E-state index in [0.717, 1.165) is 37.5 Å². The Morgan fingerprint density at radius 2 is 1.60 bits per heavy atom. The maximum Gasteiger partial charge on any atom is 0.139 e. The lowest BCUT2D eigenvalue weighted by Gasteiger charge is -2.38. The summed E-state index contributed by atoms with van der Waals surface area (Å²) in [6.45, 7) is 8.11. The van der Waals surface area contributed by atoms with Crippen LogP contribution in [0.4, 0.5) is 11.4 Å². The van der Waals surface area contributed by atoms with Gasteiger partial charge in [0.05, 0.1) is 16.4 Å². The fraction of sp³-hybridized carbons (Fsp3) is 0.316. The molecule has 1 aliphatic heterocycles. The van der Waals surface area contributed by atoms with Crippen molar-refractivity contribution in [2.75, 3.05) is 36.0 Å². The van der Waals surface area contributed by atoms with Crippen molar-refractivity contribution in [3.05, 3.63) is 58.0 Å². The van der Waals surface area contributed by atoms with Crippen LogP contribution in [0.25, 0.3) is 5.65 Å². The van der Waals surface area contributed by atoms with Gasteiger partial charge in [0.15, 0.2) is 0 Å². The Morgan fingerprint density at radius 3 is 2.28 bits per heavy atom. The van der Waals surface area contributed by atoms with Crippen molar-refractivity contribution in [3.8, 4) is 0 Å². The third-order valence-corrected chi connectivity index (χ3v) is 5.62. The SMILES string of the molecule is Cc1c(N2CCN(c3ccc(Cl)cc3Cl)CC2)cn2ccnc2c1C. The van der Waals surface area contributed by atoms with Crippen molar-refractivity contribution in [1.82, 2.24) is 9.38 Å². The second-order valence-corrected chi connectivity index (χ2v) is 7.34. The maximum absolute atomic E-state index is 6.37. The van der Waals surface area contributed by atoms with E-state index >= 15 is 0 Å². The number of benzene rings is 1. The van der Waals surface area contributed by atoms with Crippen molar-refractivity contribution >= 4 is 40.2 Å². The van der Waals surface area contributed by atoms with Crippen LogP contribution in [0, 0.1) is 13.8 Å². The van der Waals surface area contributed by atoms with Gasteiger partial charge in [0.2, 0.25) is 0 Å². The first kappa shape index (κ1) is 16.6. The Morgan fingerprint density at radius 1 is 0.920 bits per heavy atom. The topological polar surface area (TPSA) is 23.8 Å². The summed E-state index contributed by atoms with van der Waals surface area (Å²) >= 11 is 12.4. The number of rotatable bonds is 2. The lowest BCUT2D eigenvalue weighted by Crippen LogP contribution is -2.47. The van der Waals surface area contributed by atoms with E-state index in [2.05, 4.69) is 39.2 Å². The summed E-state index contributed by atoms with van der Waals surface area (Å²) in [7, 11) is 0. The number of hydrogen-bond donors (Lipinski definition) is 0. The highest BCUT2D eigenvalue weighted by Gasteiger charge is 2.21. The number of imidazole rings is 1. The summed E-state index contributed by atoms with van der Waals surface area (Å²) in [5.74, 6) is 0. The predicted octanol–water partition coefficient (Wildman–Crippen LogP) is 4.58. The number of aryl methyl sites for hydroxylation is 1.